The zero-order chi connectivity index (χ0) is 15.2. The Bertz CT molecular complexity index is 833. The van der Waals surface area contributed by atoms with Crippen LogP contribution in [0.5, 0.6) is 0 Å². The molecule has 21 heavy (non-hydrogen) atoms. The number of rotatable bonds is 3. The molecule has 3 heterocycles. The molecule has 0 saturated heterocycles. The number of imidazole rings is 1. The topological polar surface area (TPSA) is 78.2 Å². The zero-order valence-electron chi connectivity index (χ0n) is 12.2. The smallest absolute Gasteiger partial charge is 0.267 e. The summed E-state index contributed by atoms with van der Waals surface area (Å²) in [7, 11) is 6.29. The monoisotopic (exact) mass is 277 g/mol. The molecule has 0 unspecified atom stereocenters. The summed E-state index contributed by atoms with van der Waals surface area (Å²) in [5, 5.41) is 4.33. The van der Waals surface area contributed by atoms with Crippen LogP contribution in [-0.2, 0) is 5.24 Å². The molecular formula is C12H14B3N5O. The first-order valence-electron chi connectivity index (χ1n) is 6.69. The van der Waals surface area contributed by atoms with Crippen LogP contribution in [0.25, 0.3) is 16.8 Å². The number of nitrogens with zero attached hydrogens (tertiary/aromatic N) is 4. The molecule has 0 atom stereocenters. The van der Waals surface area contributed by atoms with Gasteiger partial charge in [-0.05, 0) is 22.9 Å². The molecular weight excluding hydrogens is 263 g/mol. The number of carbonyl (C=O) groups excluding carboxylic acids is 1. The van der Waals surface area contributed by atoms with Gasteiger partial charge in [0.2, 0.25) is 0 Å². The van der Waals surface area contributed by atoms with Gasteiger partial charge in [0.15, 0.2) is 0 Å². The Balaban J connectivity index is 2.05. The summed E-state index contributed by atoms with van der Waals surface area (Å²) in [5.74, 6) is -0.490. The molecule has 6 nitrogen and oxygen atoms in total. The van der Waals surface area contributed by atoms with Gasteiger partial charge >= 0.3 is 0 Å². The summed E-state index contributed by atoms with van der Waals surface area (Å²) in [6.45, 7) is 0. The van der Waals surface area contributed by atoms with Gasteiger partial charge in [0.05, 0.1) is 12.4 Å². The van der Waals surface area contributed by atoms with Crippen molar-refractivity contribution in [1.82, 2.24) is 19.2 Å². The van der Waals surface area contributed by atoms with Gasteiger partial charge < -0.3 is 5.73 Å². The molecule has 0 radical (unpaired) electrons. The number of pyridine rings is 1. The Morgan fingerprint density at radius 2 is 2.00 bits per heavy atom. The standard InChI is InChI=1S/C12H14B3N5O/c13-12(14,15)20-6-8(4-18-20)7-1-2-19-9(11(16)21)5-17-10(19)3-7/h1-6H,13-15H2,(H2,16,21). The summed E-state index contributed by atoms with van der Waals surface area (Å²) in [6.07, 6.45) is 7.12. The minimum absolute atomic E-state index is 0.0607. The van der Waals surface area contributed by atoms with E-state index < -0.39 is 5.91 Å². The molecule has 2 N–H and O–H groups in total. The highest BCUT2D eigenvalue weighted by Gasteiger charge is 2.15. The van der Waals surface area contributed by atoms with Crippen LogP contribution in [0, 0.1) is 0 Å². The highest BCUT2D eigenvalue weighted by Crippen LogP contribution is 2.21. The quantitative estimate of drug-likeness (QED) is 0.550. The average molecular weight is 277 g/mol. The molecule has 1 amide bonds. The molecule has 102 valence electrons. The lowest BCUT2D eigenvalue weighted by Gasteiger charge is -2.18. The summed E-state index contributed by atoms with van der Waals surface area (Å²) in [4.78, 5) is 15.5. The maximum atomic E-state index is 11.3. The normalized spacial score (nSPS) is 11.8. The van der Waals surface area contributed by atoms with Crippen molar-refractivity contribution in [2.45, 2.75) is 5.24 Å². The van der Waals surface area contributed by atoms with E-state index in [1.165, 1.54) is 6.20 Å². The molecule has 3 aromatic rings. The van der Waals surface area contributed by atoms with Crippen molar-refractivity contribution < 1.29 is 4.79 Å². The average Bonchev–Trinajstić information content (AvgIpc) is 3.04. The van der Waals surface area contributed by atoms with Crippen LogP contribution in [-0.4, -0.2) is 48.6 Å². The number of hydrogen-bond acceptors (Lipinski definition) is 3. The highest BCUT2D eigenvalue weighted by atomic mass is 16.1. The van der Waals surface area contributed by atoms with Crippen molar-refractivity contribution in [2.24, 2.45) is 5.73 Å². The van der Waals surface area contributed by atoms with Crippen LogP contribution in [0.15, 0.2) is 36.9 Å². The van der Waals surface area contributed by atoms with E-state index in [2.05, 4.69) is 33.6 Å². The summed E-state index contributed by atoms with van der Waals surface area (Å²) in [6, 6.07) is 3.83. The predicted octanol–water partition coefficient (Wildman–Crippen LogP) is -2.24. The summed E-state index contributed by atoms with van der Waals surface area (Å²) >= 11 is 0. The van der Waals surface area contributed by atoms with E-state index >= 15 is 0 Å². The van der Waals surface area contributed by atoms with Gasteiger partial charge in [-0.25, -0.2) is 4.98 Å². The Morgan fingerprint density at radius 3 is 2.62 bits per heavy atom. The summed E-state index contributed by atoms with van der Waals surface area (Å²) < 4.78 is 3.60. The Hall–Kier alpha value is -2.44. The Kier molecular flexibility index (Phi) is 2.93. The van der Waals surface area contributed by atoms with E-state index in [9.17, 15) is 4.79 Å². The van der Waals surface area contributed by atoms with Crippen LogP contribution in [0.3, 0.4) is 0 Å². The lowest BCUT2D eigenvalue weighted by atomic mass is 9.49. The van der Waals surface area contributed by atoms with Gasteiger partial charge in [0.1, 0.15) is 34.9 Å². The SMILES string of the molecule is BC(B)(B)n1cc(-c2ccn3c(C(N)=O)cnc3c2)cn1. The third kappa shape index (κ3) is 2.35. The second kappa shape index (κ2) is 4.54. The largest absolute Gasteiger partial charge is 0.364 e. The van der Waals surface area contributed by atoms with Crippen molar-refractivity contribution in [1.29, 1.82) is 0 Å². The highest BCUT2D eigenvalue weighted by molar-refractivity contribution is 6.56. The van der Waals surface area contributed by atoms with E-state index in [0.717, 1.165) is 11.1 Å². The number of nitrogens with two attached hydrogens (primary N) is 1. The number of aromatic nitrogens is 4. The van der Waals surface area contributed by atoms with Crippen molar-refractivity contribution in [3.63, 3.8) is 0 Å². The van der Waals surface area contributed by atoms with E-state index in [1.54, 1.807) is 10.6 Å². The lowest BCUT2D eigenvalue weighted by Crippen LogP contribution is -2.35. The minimum Gasteiger partial charge on any atom is -0.364 e. The molecule has 0 aliphatic heterocycles. The third-order valence-electron chi connectivity index (χ3n) is 3.37. The van der Waals surface area contributed by atoms with E-state index in [4.69, 9.17) is 5.73 Å². The number of amides is 1. The number of fused-ring (bicyclic) bond motifs is 1. The Labute approximate surface area is 124 Å². The first-order valence-corrected chi connectivity index (χ1v) is 6.69. The van der Waals surface area contributed by atoms with Crippen LogP contribution >= 0.6 is 0 Å². The van der Waals surface area contributed by atoms with Gasteiger partial charge in [-0.1, -0.05) is 0 Å². The summed E-state index contributed by atoms with van der Waals surface area (Å²) in [5.41, 5.74) is 8.38. The van der Waals surface area contributed by atoms with Crippen LogP contribution < -0.4 is 5.73 Å². The zero-order valence-corrected chi connectivity index (χ0v) is 12.2. The van der Waals surface area contributed by atoms with Crippen molar-refractivity contribution in [3.05, 3.63) is 42.6 Å². The van der Waals surface area contributed by atoms with Gasteiger partial charge in [-0.15, -0.1) is 0 Å². The molecule has 0 aliphatic rings. The molecule has 0 aliphatic carbocycles. The fourth-order valence-electron chi connectivity index (χ4n) is 2.18. The van der Waals surface area contributed by atoms with Crippen molar-refractivity contribution in [3.8, 4) is 11.1 Å². The maximum Gasteiger partial charge on any atom is 0.267 e. The van der Waals surface area contributed by atoms with Crippen molar-refractivity contribution >= 4 is 35.1 Å². The molecule has 0 saturated carbocycles. The minimum atomic E-state index is -0.490. The lowest BCUT2D eigenvalue weighted by molar-refractivity contribution is 0.0995. The first-order chi connectivity index (χ1) is 9.86. The molecule has 0 spiro atoms. The molecule has 3 aromatic heterocycles. The Morgan fingerprint density at radius 1 is 1.24 bits per heavy atom. The fraction of sp³-hybridized carbons (Fsp3) is 0.0833. The maximum absolute atomic E-state index is 11.3. The second-order valence-electron chi connectivity index (χ2n) is 6.00. The first kappa shape index (κ1) is 13.5. The molecule has 9 heteroatoms. The van der Waals surface area contributed by atoms with Crippen LogP contribution in [0.2, 0.25) is 0 Å². The van der Waals surface area contributed by atoms with E-state index in [-0.39, 0.29) is 5.24 Å². The number of carbonyl (C=O) groups is 1. The van der Waals surface area contributed by atoms with Crippen LogP contribution in [0.4, 0.5) is 0 Å². The van der Waals surface area contributed by atoms with E-state index in [0.29, 0.717) is 11.3 Å². The van der Waals surface area contributed by atoms with Gasteiger partial charge in [0, 0.05) is 18.0 Å². The van der Waals surface area contributed by atoms with Gasteiger partial charge in [0.25, 0.3) is 5.91 Å². The molecule has 0 aromatic carbocycles. The molecule has 3 rings (SSSR count). The third-order valence-corrected chi connectivity index (χ3v) is 3.37. The number of primary amides is 1. The van der Waals surface area contributed by atoms with Crippen LogP contribution in [0.1, 0.15) is 10.5 Å². The fourth-order valence-corrected chi connectivity index (χ4v) is 2.18. The van der Waals surface area contributed by atoms with Gasteiger partial charge in [-0.2, -0.15) is 5.10 Å². The number of hydrogen-bond donors (Lipinski definition) is 1. The second-order valence-corrected chi connectivity index (χ2v) is 6.00. The van der Waals surface area contributed by atoms with Crippen molar-refractivity contribution in [2.75, 3.05) is 0 Å². The molecule has 0 fully saturated rings. The van der Waals surface area contributed by atoms with Gasteiger partial charge in [-0.3, -0.25) is 13.9 Å². The predicted molar refractivity (Wildman–Crippen MR) is 88.5 cm³/mol. The van der Waals surface area contributed by atoms with E-state index in [1.807, 2.05) is 29.2 Å². The molecule has 0 bridgehead atoms.